The van der Waals surface area contributed by atoms with Crippen molar-refractivity contribution < 1.29 is 20.4 Å². The normalized spacial score (nSPS) is 27.5. The molecule has 4 bridgehead atoms. The summed E-state index contributed by atoms with van der Waals surface area (Å²) < 4.78 is 0. The Kier molecular flexibility index (Phi) is 10.2. The minimum absolute atomic E-state index is 0.122. The molecule has 7 atom stereocenters. The highest BCUT2D eigenvalue weighted by Gasteiger charge is 2.56. The predicted octanol–water partition coefficient (Wildman–Crippen LogP) is 3.01. The van der Waals surface area contributed by atoms with Crippen LogP contribution >= 0.6 is 11.6 Å². The van der Waals surface area contributed by atoms with E-state index in [0.717, 1.165) is 31.4 Å². The molecule has 0 saturated heterocycles. The van der Waals surface area contributed by atoms with Gasteiger partial charge in [-0.3, -0.25) is 4.90 Å². The smallest absolute Gasteiger partial charge is 0.224 e. The second kappa shape index (κ2) is 13.8. The molecule has 0 spiro atoms. The largest absolute Gasteiger partial charge is 0.394 e. The topological polar surface area (TPSA) is 158 Å². The van der Waals surface area contributed by atoms with E-state index in [4.69, 9.17) is 11.6 Å². The molecule has 6 N–H and O–H groups in total. The summed E-state index contributed by atoms with van der Waals surface area (Å²) >= 11 is 6.29. The van der Waals surface area contributed by atoms with E-state index in [-0.39, 0.29) is 18.6 Å². The number of anilines is 2. The number of aromatic nitrogens is 2. The van der Waals surface area contributed by atoms with Crippen LogP contribution in [-0.2, 0) is 6.54 Å². The number of nitrogens with one attached hydrogen (secondary N) is 2. The molecule has 4 saturated carbocycles. The third kappa shape index (κ3) is 7.16. The van der Waals surface area contributed by atoms with E-state index in [0.29, 0.717) is 78.6 Å². The van der Waals surface area contributed by atoms with Crippen molar-refractivity contribution in [1.29, 1.82) is 5.26 Å². The van der Waals surface area contributed by atoms with Crippen LogP contribution in [0.15, 0.2) is 30.5 Å². The lowest BCUT2D eigenvalue weighted by atomic mass is 9.47. The van der Waals surface area contributed by atoms with Gasteiger partial charge in [-0.2, -0.15) is 10.2 Å². The summed E-state index contributed by atoms with van der Waals surface area (Å²) in [6.45, 7) is 2.01. The SMILES string of the molecule is N#Cc1cnc(NCc2ccccc2Cl)nc1NCC12CC3C[C@H](C1)C(N(CC[C@H](O)CO)CC[C@H](O)CO)[C@@H](C3)C2. The van der Waals surface area contributed by atoms with Crippen molar-refractivity contribution in [3.63, 3.8) is 0 Å². The molecule has 0 amide bonds. The molecule has 4 fully saturated rings. The number of aliphatic hydroxyl groups excluding tert-OH is 4. The lowest BCUT2D eigenvalue weighted by Gasteiger charge is -2.62. The van der Waals surface area contributed by atoms with Crippen LogP contribution in [-0.4, -0.2) is 86.4 Å². The van der Waals surface area contributed by atoms with E-state index in [2.05, 4.69) is 31.6 Å². The fraction of sp³-hybridized carbons (Fsp3) is 0.645. The van der Waals surface area contributed by atoms with Crippen molar-refractivity contribution in [2.24, 2.45) is 23.2 Å². The molecule has 228 valence electrons. The molecule has 1 heterocycles. The molecule has 10 nitrogen and oxygen atoms in total. The van der Waals surface area contributed by atoms with Crippen LogP contribution in [0.25, 0.3) is 0 Å². The maximum Gasteiger partial charge on any atom is 0.224 e. The van der Waals surface area contributed by atoms with Crippen LogP contribution in [0, 0.1) is 34.5 Å². The van der Waals surface area contributed by atoms with Crippen molar-refractivity contribution in [3.8, 4) is 6.07 Å². The molecule has 6 rings (SSSR count). The number of nitriles is 1. The third-order valence-electron chi connectivity index (χ3n) is 9.63. The monoisotopic (exact) mass is 598 g/mol. The van der Waals surface area contributed by atoms with Gasteiger partial charge in [0.1, 0.15) is 17.5 Å². The van der Waals surface area contributed by atoms with E-state index in [9.17, 15) is 25.7 Å². The van der Waals surface area contributed by atoms with Gasteiger partial charge in [-0.25, -0.2) is 4.98 Å². The molecule has 1 aromatic heterocycles. The quantitative estimate of drug-likeness (QED) is 0.180. The highest BCUT2D eigenvalue weighted by atomic mass is 35.5. The van der Waals surface area contributed by atoms with Crippen LogP contribution in [0.5, 0.6) is 0 Å². The molecule has 2 aromatic rings. The first-order valence-corrected chi connectivity index (χ1v) is 15.5. The van der Waals surface area contributed by atoms with Crippen molar-refractivity contribution in [2.45, 2.75) is 69.7 Å². The summed E-state index contributed by atoms with van der Waals surface area (Å²) in [5, 5.41) is 56.0. The molecular formula is C31H43ClN6O4. The Hall–Kier alpha value is -2.52. The van der Waals surface area contributed by atoms with Crippen molar-refractivity contribution >= 4 is 23.4 Å². The van der Waals surface area contributed by atoms with E-state index >= 15 is 0 Å². The number of hydrogen-bond acceptors (Lipinski definition) is 10. The average Bonchev–Trinajstić information content (AvgIpc) is 2.99. The Morgan fingerprint density at radius 1 is 1.02 bits per heavy atom. The van der Waals surface area contributed by atoms with Crippen molar-refractivity contribution in [2.75, 3.05) is 43.5 Å². The molecule has 3 unspecified atom stereocenters. The van der Waals surface area contributed by atoms with E-state index < -0.39 is 12.2 Å². The number of rotatable bonds is 15. The van der Waals surface area contributed by atoms with E-state index in [1.54, 1.807) is 6.20 Å². The summed E-state index contributed by atoms with van der Waals surface area (Å²) in [7, 11) is 0. The number of nitrogens with zero attached hydrogens (tertiary/aromatic N) is 4. The van der Waals surface area contributed by atoms with Gasteiger partial charge in [-0.05, 0) is 79.7 Å². The second-order valence-electron chi connectivity index (χ2n) is 12.6. The molecule has 4 aliphatic carbocycles. The highest BCUT2D eigenvalue weighted by molar-refractivity contribution is 6.31. The molecule has 0 radical (unpaired) electrons. The molecule has 42 heavy (non-hydrogen) atoms. The zero-order valence-corrected chi connectivity index (χ0v) is 24.8. The summed E-state index contributed by atoms with van der Waals surface area (Å²) in [6, 6.07) is 10.2. The van der Waals surface area contributed by atoms with Crippen LogP contribution in [0.3, 0.4) is 0 Å². The second-order valence-corrected chi connectivity index (χ2v) is 13.0. The lowest BCUT2D eigenvalue weighted by Crippen LogP contribution is -2.61. The minimum atomic E-state index is -0.756. The Morgan fingerprint density at radius 2 is 1.69 bits per heavy atom. The predicted molar refractivity (Wildman–Crippen MR) is 161 cm³/mol. The fourth-order valence-corrected chi connectivity index (χ4v) is 8.17. The molecule has 4 aliphatic rings. The Morgan fingerprint density at radius 3 is 2.31 bits per heavy atom. The lowest BCUT2D eigenvalue weighted by molar-refractivity contribution is -0.110. The Bertz CT molecular complexity index is 1210. The van der Waals surface area contributed by atoms with Crippen molar-refractivity contribution in [3.05, 3.63) is 46.6 Å². The molecule has 1 aromatic carbocycles. The number of benzene rings is 1. The van der Waals surface area contributed by atoms with Gasteiger partial charge in [0.05, 0.1) is 31.6 Å². The number of halogens is 1. The average molecular weight is 599 g/mol. The maximum absolute atomic E-state index is 10.0. The van der Waals surface area contributed by atoms with Gasteiger partial charge in [-0.1, -0.05) is 29.8 Å². The van der Waals surface area contributed by atoms with Gasteiger partial charge in [-0.15, -0.1) is 0 Å². The van der Waals surface area contributed by atoms with Gasteiger partial charge >= 0.3 is 0 Å². The maximum atomic E-state index is 10.0. The van der Waals surface area contributed by atoms with Gasteiger partial charge in [0, 0.05) is 37.2 Å². The van der Waals surface area contributed by atoms with Crippen LogP contribution in [0.2, 0.25) is 5.02 Å². The van der Waals surface area contributed by atoms with Gasteiger partial charge in [0.15, 0.2) is 0 Å². The summed E-state index contributed by atoms with van der Waals surface area (Å²) in [5.74, 6) is 2.66. The highest BCUT2D eigenvalue weighted by Crippen LogP contribution is 2.61. The fourth-order valence-electron chi connectivity index (χ4n) is 7.97. The van der Waals surface area contributed by atoms with Crippen LogP contribution < -0.4 is 10.6 Å². The molecule has 0 aliphatic heterocycles. The number of hydrogen-bond donors (Lipinski definition) is 6. The van der Waals surface area contributed by atoms with E-state index in [1.165, 1.54) is 12.8 Å². The third-order valence-corrected chi connectivity index (χ3v) is 10.00. The summed E-state index contributed by atoms with van der Waals surface area (Å²) in [4.78, 5) is 11.4. The Balaban J connectivity index is 1.26. The van der Waals surface area contributed by atoms with Gasteiger partial charge in [0.25, 0.3) is 0 Å². The molecular weight excluding hydrogens is 556 g/mol. The number of aliphatic hydroxyl groups is 4. The van der Waals surface area contributed by atoms with Crippen molar-refractivity contribution in [1.82, 2.24) is 14.9 Å². The zero-order chi connectivity index (χ0) is 29.7. The standard InChI is InChI=1S/C31H43ClN6O4/c32-27-4-2-1-3-21(27)15-34-30-35-16-24(14-33)29(37-30)36-19-31-11-20-9-22(12-31)28(23(10-20)13-31)38(7-5-25(41)17-39)8-6-26(42)18-40/h1-4,16,20,22-23,25-26,28,39-42H,5-13,15,17-19H2,(H2,34,35,36,37)/t20?,22-,23+,25-,26-,28?,31?/m0/s1. The minimum Gasteiger partial charge on any atom is -0.394 e. The Labute approximate surface area is 252 Å². The first kappa shape index (κ1) is 30.9. The summed E-state index contributed by atoms with van der Waals surface area (Å²) in [5.41, 5.74) is 1.48. The molecule has 11 heteroatoms. The van der Waals surface area contributed by atoms with E-state index in [1.807, 2.05) is 24.3 Å². The van der Waals surface area contributed by atoms with Gasteiger partial charge < -0.3 is 31.1 Å². The zero-order valence-electron chi connectivity index (χ0n) is 24.0. The van der Waals surface area contributed by atoms with Crippen LogP contribution in [0.4, 0.5) is 11.8 Å². The van der Waals surface area contributed by atoms with Gasteiger partial charge in [0.2, 0.25) is 5.95 Å². The summed E-state index contributed by atoms with van der Waals surface area (Å²) in [6.07, 6.45) is 6.67. The first-order chi connectivity index (χ1) is 20.3. The van der Waals surface area contributed by atoms with Crippen LogP contribution in [0.1, 0.15) is 56.1 Å². The first-order valence-electron chi connectivity index (χ1n) is 15.1.